The van der Waals surface area contributed by atoms with Crippen LogP contribution in [0.5, 0.6) is 0 Å². The number of fused-ring (bicyclic) bond motifs is 3. The van der Waals surface area contributed by atoms with Gasteiger partial charge < -0.3 is 4.90 Å². The Morgan fingerprint density at radius 1 is 1.07 bits per heavy atom. The van der Waals surface area contributed by atoms with Crippen molar-refractivity contribution in [1.82, 2.24) is 34.3 Å². The third kappa shape index (κ3) is 3.80. The molecule has 0 radical (unpaired) electrons. The summed E-state index contributed by atoms with van der Waals surface area (Å²) in [6, 6.07) is -1.52. The Kier molecular flexibility index (Phi) is 4.66. The predicted molar refractivity (Wildman–Crippen MR) is 90.2 cm³/mol. The molecule has 3 aromatic heterocycles. The van der Waals surface area contributed by atoms with Crippen LogP contribution in [-0.4, -0.2) is 53.2 Å². The fourth-order valence-corrected chi connectivity index (χ4v) is 3.34. The zero-order valence-corrected chi connectivity index (χ0v) is 15.4. The minimum atomic E-state index is -4.65. The summed E-state index contributed by atoms with van der Waals surface area (Å²) in [5.74, 6) is 0.150. The first kappa shape index (κ1) is 20.1. The molecule has 0 spiro atoms. The summed E-state index contributed by atoms with van der Waals surface area (Å²) in [5.41, 5.74) is 0.206. The summed E-state index contributed by atoms with van der Waals surface area (Å²) in [7, 11) is 0. The minimum Gasteiger partial charge on any atom is -0.344 e. The monoisotopic (exact) mass is 432 g/mol. The number of aromatic nitrogens is 7. The third-order valence-electron chi connectivity index (χ3n) is 4.57. The van der Waals surface area contributed by atoms with Crippen LogP contribution in [0, 0.1) is 6.92 Å². The Morgan fingerprint density at radius 2 is 1.83 bits per heavy atom. The van der Waals surface area contributed by atoms with Crippen molar-refractivity contribution >= 4 is 5.82 Å². The lowest BCUT2D eigenvalue weighted by atomic mass is 10.1. The van der Waals surface area contributed by atoms with E-state index in [4.69, 9.17) is 0 Å². The second-order valence-electron chi connectivity index (χ2n) is 6.68. The molecule has 4 heterocycles. The van der Waals surface area contributed by atoms with Crippen LogP contribution < -0.4 is 4.90 Å². The molecule has 30 heavy (non-hydrogen) atoms. The van der Waals surface area contributed by atoms with Crippen LogP contribution in [0.3, 0.4) is 0 Å². The number of anilines is 1. The van der Waals surface area contributed by atoms with Crippen molar-refractivity contribution in [2.75, 3.05) is 11.4 Å². The van der Waals surface area contributed by atoms with Crippen LogP contribution in [0.2, 0.25) is 0 Å². The summed E-state index contributed by atoms with van der Waals surface area (Å²) < 4.78 is 81.5. The second kappa shape index (κ2) is 6.95. The molecule has 0 N–H and O–H groups in total. The zero-order chi connectivity index (χ0) is 21.7. The topological polar surface area (TPSA) is 77.5 Å². The third-order valence-corrected chi connectivity index (χ3v) is 4.57. The zero-order valence-electron chi connectivity index (χ0n) is 15.4. The number of hydrogen-bond donors (Lipinski definition) is 0. The SMILES string of the molecule is Cc1nnc2n1-c1cnc(-n3ccnc3)nc1N(CCC(F)(F)F)[C@@H]2CC(F)(F)F. The van der Waals surface area contributed by atoms with E-state index in [1.807, 2.05) is 0 Å². The summed E-state index contributed by atoms with van der Waals surface area (Å²) in [6.07, 6.45) is -6.31. The highest BCUT2D eigenvalue weighted by molar-refractivity contribution is 5.62. The minimum absolute atomic E-state index is 0.0585. The molecule has 1 aliphatic rings. The molecule has 0 aromatic carbocycles. The van der Waals surface area contributed by atoms with E-state index in [0.29, 0.717) is 0 Å². The summed E-state index contributed by atoms with van der Waals surface area (Å²) in [6.45, 7) is 0.795. The number of rotatable bonds is 4. The molecule has 1 atom stereocenters. The van der Waals surface area contributed by atoms with Crippen molar-refractivity contribution in [3.63, 3.8) is 0 Å². The van der Waals surface area contributed by atoms with E-state index in [1.54, 1.807) is 0 Å². The van der Waals surface area contributed by atoms with Gasteiger partial charge >= 0.3 is 12.4 Å². The smallest absolute Gasteiger partial charge is 0.344 e. The standard InChI is InChI=1S/C16H14F6N8/c1-9-26-27-13-10(6-16(20,21)22)29(4-2-15(17,18)19)12-11(30(9)13)7-24-14(25-12)28-5-3-23-8-28/h3,5,7-8,10H,2,4,6H2,1H3/t10-/m1/s1. The van der Waals surface area contributed by atoms with Crippen LogP contribution >= 0.6 is 0 Å². The van der Waals surface area contributed by atoms with Gasteiger partial charge in [0.2, 0.25) is 5.95 Å². The van der Waals surface area contributed by atoms with Gasteiger partial charge in [-0.3, -0.25) is 9.13 Å². The Balaban J connectivity index is 1.87. The van der Waals surface area contributed by atoms with Gasteiger partial charge in [-0.25, -0.2) is 9.97 Å². The van der Waals surface area contributed by atoms with Crippen LogP contribution in [0.25, 0.3) is 11.6 Å². The maximum atomic E-state index is 13.3. The second-order valence-corrected chi connectivity index (χ2v) is 6.68. The highest BCUT2D eigenvalue weighted by Gasteiger charge is 2.44. The van der Waals surface area contributed by atoms with E-state index in [1.165, 1.54) is 41.0 Å². The lowest BCUT2D eigenvalue weighted by Gasteiger charge is -2.38. The molecule has 8 nitrogen and oxygen atoms in total. The fourth-order valence-electron chi connectivity index (χ4n) is 3.34. The first-order chi connectivity index (χ1) is 14.0. The summed E-state index contributed by atoms with van der Waals surface area (Å²) in [5, 5.41) is 7.63. The van der Waals surface area contributed by atoms with Crippen LogP contribution in [-0.2, 0) is 0 Å². The maximum Gasteiger partial charge on any atom is 0.391 e. The molecule has 0 aliphatic carbocycles. The van der Waals surface area contributed by atoms with Crippen molar-refractivity contribution in [2.45, 2.75) is 38.2 Å². The Labute approximate surface area is 165 Å². The molecule has 0 fully saturated rings. The van der Waals surface area contributed by atoms with Gasteiger partial charge in [0.25, 0.3) is 0 Å². The Bertz CT molecular complexity index is 1040. The predicted octanol–water partition coefficient (Wildman–Crippen LogP) is 3.32. The highest BCUT2D eigenvalue weighted by atomic mass is 19.4. The van der Waals surface area contributed by atoms with Gasteiger partial charge in [-0.15, -0.1) is 10.2 Å². The van der Waals surface area contributed by atoms with Crippen molar-refractivity contribution in [2.24, 2.45) is 0 Å². The lowest BCUT2D eigenvalue weighted by Crippen LogP contribution is -2.40. The molecular formula is C16H14F6N8. The Morgan fingerprint density at radius 3 is 2.47 bits per heavy atom. The lowest BCUT2D eigenvalue weighted by molar-refractivity contribution is -0.141. The molecular weight excluding hydrogens is 418 g/mol. The van der Waals surface area contributed by atoms with Crippen LogP contribution in [0.1, 0.15) is 30.5 Å². The van der Waals surface area contributed by atoms with Crippen molar-refractivity contribution < 1.29 is 26.3 Å². The van der Waals surface area contributed by atoms with E-state index in [9.17, 15) is 26.3 Å². The molecule has 0 unspecified atom stereocenters. The molecule has 0 saturated carbocycles. The van der Waals surface area contributed by atoms with Gasteiger partial charge in [0.1, 0.15) is 17.8 Å². The Hall–Kier alpha value is -3.19. The largest absolute Gasteiger partial charge is 0.391 e. The van der Waals surface area contributed by atoms with Crippen LogP contribution in [0.4, 0.5) is 32.2 Å². The van der Waals surface area contributed by atoms with Gasteiger partial charge in [0.15, 0.2) is 11.6 Å². The molecule has 0 bridgehead atoms. The molecule has 160 valence electrons. The van der Waals surface area contributed by atoms with Gasteiger partial charge in [-0.05, 0) is 6.92 Å². The van der Waals surface area contributed by atoms with Gasteiger partial charge in [-0.2, -0.15) is 31.3 Å². The molecule has 14 heteroatoms. The van der Waals surface area contributed by atoms with Gasteiger partial charge in [-0.1, -0.05) is 0 Å². The van der Waals surface area contributed by atoms with Gasteiger partial charge in [0, 0.05) is 18.9 Å². The number of alkyl halides is 6. The van der Waals surface area contributed by atoms with Crippen molar-refractivity contribution in [3.8, 4) is 11.6 Å². The fraction of sp³-hybridized carbons (Fsp3) is 0.438. The maximum absolute atomic E-state index is 13.3. The molecule has 0 amide bonds. The molecule has 4 rings (SSSR count). The van der Waals surface area contributed by atoms with Crippen LogP contribution in [0.15, 0.2) is 24.9 Å². The number of nitrogens with zero attached hydrogens (tertiary/aromatic N) is 8. The summed E-state index contributed by atoms with van der Waals surface area (Å²) >= 11 is 0. The number of imidazole rings is 1. The average Bonchev–Trinajstić information content (AvgIpc) is 3.29. The van der Waals surface area contributed by atoms with E-state index < -0.39 is 37.8 Å². The first-order valence-electron chi connectivity index (χ1n) is 8.71. The summed E-state index contributed by atoms with van der Waals surface area (Å²) in [4.78, 5) is 13.2. The van der Waals surface area contributed by atoms with Crippen molar-refractivity contribution in [1.29, 1.82) is 0 Å². The first-order valence-corrected chi connectivity index (χ1v) is 8.71. The van der Waals surface area contributed by atoms with E-state index >= 15 is 0 Å². The highest BCUT2D eigenvalue weighted by Crippen LogP contribution is 2.43. The van der Waals surface area contributed by atoms with E-state index in [2.05, 4.69) is 25.1 Å². The van der Waals surface area contributed by atoms with Crippen molar-refractivity contribution in [3.05, 3.63) is 36.6 Å². The molecule has 0 saturated heterocycles. The normalized spacial score (nSPS) is 16.5. The number of aryl methyl sites for hydroxylation is 1. The van der Waals surface area contributed by atoms with E-state index in [0.717, 1.165) is 4.90 Å². The molecule has 1 aliphatic heterocycles. The van der Waals surface area contributed by atoms with E-state index in [-0.39, 0.29) is 29.1 Å². The quantitative estimate of drug-likeness (QED) is 0.589. The number of hydrogen-bond acceptors (Lipinski definition) is 6. The van der Waals surface area contributed by atoms with Gasteiger partial charge in [0.05, 0.1) is 25.1 Å². The number of halogens is 6. The molecule has 3 aromatic rings. The average molecular weight is 432 g/mol.